The number of carbonyl (C=O) groups is 2. The lowest BCUT2D eigenvalue weighted by molar-refractivity contribution is -0.142. The highest BCUT2D eigenvalue weighted by atomic mass is 32.2. The molecule has 0 radical (unpaired) electrons. The third-order valence-corrected chi connectivity index (χ3v) is 16.3. The Morgan fingerprint density at radius 1 is 0.877 bits per heavy atom. The van der Waals surface area contributed by atoms with E-state index in [2.05, 4.69) is 20.8 Å². The van der Waals surface area contributed by atoms with Gasteiger partial charge in [-0.25, -0.2) is 17.2 Å². The van der Waals surface area contributed by atoms with Gasteiger partial charge in [-0.3, -0.25) is 14.5 Å². The molecule has 2 aromatic rings. The molecule has 0 aromatic heterocycles. The molecule has 0 unspecified atom stereocenters. The highest BCUT2D eigenvalue weighted by Gasteiger charge is 2.53. The number of sulfone groups is 1. The summed E-state index contributed by atoms with van der Waals surface area (Å²) in [6.07, 6.45) is 9.26. The molecule has 6 fully saturated rings. The maximum Gasteiger partial charge on any atom is 0.305 e. The third kappa shape index (κ3) is 8.54. The number of benzene rings is 2. The predicted molar refractivity (Wildman–Crippen MR) is 216 cm³/mol. The van der Waals surface area contributed by atoms with Gasteiger partial charge in [-0.05, 0) is 118 Å². The molecule has 57 heavy (non-hydrogen) atoms. The minimum absolute atomic E-state index is 0.146. The number of likely N-dealkylation sites (tertiary alicyclic amines) is 4. The summed E-state index contributed by atoms with van der Waals surface area (Å²) in [5, 5.41) is -0.616. The first-order valence-electron chi connectivity index (χ1n) is 21.2. The van der Waals surface area contributed by atoms with Gasteiger partial charge in [-0.2, -0.15) is 0 Å². The van der Waals surface area contributed by atoms with Gasteiger partial charge in [-0.1, -0.05) is 24.6 Å². The Balaban J connectivity index is 0.844. The van der Waals surface area contributed by atoms with Crippen molar-refractivity contribution in [3.63, 3.8) is 0 Å². The SMILES string of the molecule is COC(=O)C[C@H]1CCC[C@@H]1[C@](CN1CCC1)(c1cccc(F)c1)C1CCN(CC2CN(c3ccc(S(=O)(=O)C4CN(C(=O)/C=C/CN5CC(F)C5)C4)cc3)C2)CC1. The van der Waals surface area contributed by atoms with Crippen molar-refractivity contribution in [2.75, 3.05) is 97.1 Å². The number of ether oxygens (including phenoxy) is 1. The van der Waals surface area contributed by atoms with Crippen LogP contribution in [0.2, 0.25) is 0 Å². The van der Waals surface area contributed by atoms with Gasteiger partial charge in [0.2, 0.25) is 5.91 Å². The molecular weight excluding hydrogens is 749 g/mol. The van der Waals surface area contributed by atoms with Crippen LogP contribution in [0.1, 0.15) is 50.5 Å². The standard InChI is InChI=1S/C44H59F2N5O5S/c1-56-43(53)22-33-6-2-9-41(33)44(31-48-18-5-19-48,35-7-3-8-36(45)23-35)34-15-20-47(21-16-34)24-32-25-50(26-32)38-11-13-39(14-12-38)57(54,55)40-29-51(30-40)42(52)10-4-17-49-27-37(46)28-49/h3-4,7-8,10-14,23,32-34,37,40-41H,2,5-6,9,15-22,24-31H2,1H3/b10-4+/t33-,41+,44+/m1/s1. The first-order valence-corrected chi connectivity index (χ1v) is 22.7. The lowest BCUT2D eigenvalue weighted by Gasteiger charge is -2.54. The molecule has 0 N–H and O–H groups in total. The van der Waals surface area contributed by atoms with Crippen LogP contribution in [0.15, 0.2) is 65.6 Å². The quantitative estimate of drug-likeness (QED) is 0.186. The maximum atomic E-state index is 15.0. The molecule has 8 rings (SSSR count). The molecule has 10 nitrogen and oxygen atoms in total. The molecule has 5 aliphatic heterocycles. The van der Waals surface area contributed by atoms with E-state index >= 15 is 4.39 Å². The lowest BCUT2D eigenvalue weighted by atomic mass is 9.56. The van der Waals surface area contributed by atoms with Crippen molar-refractivity contribution in [1.29, 1.82) is 0 Å². The van der Waals surface area contributed by atoms with Crippen molar-refractivity contribution in [2.24, 2.45) is 23.7 Å². The molecule has 0 bridgehead atoms. The number of hydrogen-bond donors (Lipinski definition) is 0. The van der Waals surface area contributed by atoms with Gasteiger partial charge in [0, 0.05) is 88.4 Å². The smallest absolute Gasteiger partial charge is 0.305 e. The Labute approximate surface area is 337 Å². The zero-order chi connectivity index (χ0) is 39.7. The summed E-state index contributed by atoms with van der Waals surface area (Å²) in [5.41, 5.74) is 1.90. The topological polar surface area (TPSA) is 93.7 Å². The van der Waals surface area contributed by atoms with Gasteiger partial charge in [0.25, 0.3) is 0 Å². The van der Waals surface area contributed by atoms with E-state index in [9.17, 15) is 22.4 Å². The van der Waals surface area contributed by atoms with E-state index in [0.29, 0.717) is 43.8 Å². The van der Waals surface area contributed by atoms with Crippen molar-refractivity contribution < 1.29 is 31.5 Å². The van der Waals surface area contributed by atoms with E-state index in [0.717, 1.165) is 95.7 Å². The molecule has 1 saturated carbocycles. The van der Waals surface area contributed by atoms with E-state index in [-0.39, 0.29) is 47.0 Å². The average molecular weight is 808 g/mol. The molecule has 1 amide bonds. The third-order valence-electron chi connectivity index (χ3n) is 14.2. The van der Waals surface area contributed by atoms with E-state index in [1.54, 1.807) is 30.3 Å². The Hall–Kier alpha value is -3.39. The summed E-state index contributed by atoms with van der Waals surface area (Å²) < 4.78 is 59.9. The summed E-state index contributed by atoms with van der Waals surface area (Å²) in [7, 11) is -2.08. The van der Waals surface area contributed by atoms with E-state index in [1.807, 2.05) is 23.1 Å². The molecule has 310 valence electrons. The summed E-state index contributed by atoms with van der Waals surface area (Å²) in [6.45, 7) is 9.59. The fourth-order valence-corrected chi connectivity index (χ4v) is 12.5. The van der Waals surface area contributed by atoms with Gasteiger partial charge in [0.15, 0.2) is 9.84 Å². The second-order valence-corrected chi connectivity index (χ2v) is 20.0. The zero-order valence-corrected chi connectivity index (χ0v) is 34.1. The molecule has 1 aliphatic carbocycles. The first kappa shape index (κ1) is 40.4. The van der Waals surface area contributed by atoms with Gasteiger partial charge in [0.05, 0.1) is 12.0 Å². The van der Waals surface area contributed by atoms with E-state index < -0.39 is 21.3 Å². The van der Waals surface area contributed by atoms with Gasteiger partial charge < -0.3 is 24.3 Å². The van der Waals surface area contributed by atoms with Crippen molar-refractivity contribution in [1.82, 2.24) is 19.6 Å². The maximum absolute atomic E-state index is 15.0. The average Bonchev–Trinajstić information content (AvgIpc) is 3.60. The van der Waals surface area contributed by atoms with Crippen LogP contribution in [0.5, 0.6) is 0 Å². The number of alkyl halides is 1. The monoisotopic (exact) mass is 807 g/mol. The summed E-state index contributed by atoms with van der Waals surface area (Å²) in [5.74, 6) is 0.902. The van der Waals surface area contributed by atoms with Gasteiger partial charge in [0.1, 0.15) is 17.2 Å². The molecule has 0 spiro atoms. The Kier molecular flexibility index (Phi) is 12.1. The molecule has 6 aliphatic rings. The highest BCUT2D eigenvalue weighted by Crippen LogP contribution is 2.54. The number of rotatable bonds is 15. The molecule has 13 heteroatoms. The fraction of sp³-hybridized carbons (Fsp3) is 0.636. The van der Waals surface area contributed by atoms with Crippen LogP contribution in [0, 0.1) is 29.5 Å². The van der Waals surface area contributed by atoms with Crippen molar-refractivity contribution in [3.05, 3.63) is 72.1 Å². The van der Waals surface area contributed by atoms with Crippen LogP contribution in [0.3, 0.4) is 0 Å². The second-order valence-electron chi connectivity index (χ2n) is 17.7. The number of anilines is 1. The fourth-order valence-electron chi connectivity index (χ4n) is 10.8. The number of methoxy groups -OCH3 is 1. The van der Waals surface area contributed by atoms with E-state index in [1.165, 1.54) is 24.5 Å². The van der Waals surface area contributed by atoms with Crippen LogP contribution in [-0.2, 0) is 29.6 Å². The Morgan fingerprint density at radius 3 is 2.26 bits per heavy atom. The predicted octanol–water partition coefficient (Wildman–Crippen LogP) is 4.79. The number of esters is 1. The second kappa shape index (κ2) is 17.1. The number of hydrogen-bond acceptors (Lipinski definition) is 9. The van der Waals surface area contributed by atoms with Crippen molar-refractivity contribution >= 4 is 27.4 Å². The number of amides is 1. The molecular formula is C44H59F2N5O5S. The number of carbonyl (C=O) groups excluding carboxylic acids is 2. The van der Waals surface area contributed by atoms with Crippen LogP contribution in [0.4, 0.5) is 14.5 Å². The number of nitrogens with zero attached hydrogens (tertiary/aromatic N) is 5. The summed E-state index contributed by atoms with van der Waals surface area (Å²) in [6, 6.07) is 14.6. The minimum Gasteiger partial charge on any atom is -0.469 e. The molecule has 3 atom stereocenters. The lowest BCUT2D eigenvalue weighted by Crippen LogP contribution is -2.58. The highest BCUT2D eigenvalue weighted by molar-refractivity contribution is 7.92. The van der Waals surface area contributed by atoms with Crippen LogP contribution in [0.25, 0.3) is 0 Å². The molecule has 5 heterocycles. The van der Waals surface area contributed by atoms with Crippen molar-refractivity contribution in [2.45, 2.75) is 66.7 Å². The first-order chi connectivity index (χ1) is 27.5. The normalized spacial score (nSPS) is 25.8. The number of piperidine rings is 1. The zero-order valence-electron chi connectivity index (χ0n) is 33.3. The van der Waals surface area contributed by atoms with Gasteiger partial charge >= 0.3 is 5.97 Å². The van der Waals surface area contributed by atoms with Crippen LogP contribution in [-0.4, -0.2) is 144 Å². The number of halogens is 2. The van der Waals surface area contributed by atoms with Crippen molar-refractivity contribution in [3.8, 4) is 0 Å². The Bertz CT molecular complexity index is 1870. The molecule has 5 saturated heterocycles. The summed E-state index contributed by atoms with van der Waals surface area (Å²) >= 11 is 0. The largest absolute Gasteiger partial charge is 0.469 e. The van der Waals surface area contributed by atoms with Crippen LogP contribution >= 0.6 is 0 Å². The molecule has 2 aromatic carbocycles. The Morgan fingerprint density at radius 2 is 1.61 bits per heavy atom. The minimum atomic E-state index is -3.56. The van der Waals surface area contributed by atoms with E-state index in [4.69, 9.17) is 4.74 Å². The summed E-state index contributed by atoms with van der Waals surface area (Å²) in [4.78, 5) is 36.3. The van der Waals surface area contributed by atoms with Gasteiger partial charge in [-0.15, -0.1) is 0 Å². The van der Waals surface area contributed by atoms with Crippen LogP contribution < -0.4 is 4.90 Å².